The van der Waals surface area contributed by atoms with E-state index in [1.54, 1.807) is 0 Å². The van der Waals surface area contributed by atoms with E-state index in [2.05, 4.69) is 0 Å². The maximum Gasteiger partial charge on any atom is 0.0596 e. The van der Waals surface area contributed by atoms with E-state index in [0.717, 1.165) is 12.8 Å². The number of aliphatic hydroxyl groups is 2. The fraction of sp³-hybridized carbons (Fsp3) is 1.00. The topological polar surface area (TPSA) is 40.5 Å². The van der Waals surface area contributed by atoms with Crippen molar-refractivity contribution >= 4 is 0 Å². The van der Waals surface area contributed by atoms with E-state index in [1.165, 1.54) is 19.3 Å². The quantitative estimate of drug-likeness (QED) is 0.620. The Bertz CT molecular complexity index is 144. The van der Waals surface area contributed by atoms with Crippen molar-refractivity contribution in [1.82, 2.24) is 0 Å². The van der Waals surface area contributed by atoms with E-state index in [1.807, 2.05) is 0 Å². The Morgan fingerprint density at radius 1 is 1.08 bits per heavy atom. The molecule has 0 aromatic rings. The molecule has 0 amide bonds. The molecule has 0 radical (unpaired) electrons. The molecule has 2 rings (SSSR count). The Balaban J connectivity index is 2.02. The highest BCUT2D eigenvalue weighted by molar-refractivity contribution is 4.89. The fourth-order valence-electron chi connectivity index (χ4n) is 2.98. The fourth-order valence-corrected chi connectivity index (χ4v) is 2.98. The maximum absolute atomic E-state index is 9.82. The summed E-state index contributed by atoms with van der Waals surface area (Å²) >= 11 is 0. The van der Waals surface area contributed by atoms with E-state index >= 15 is 0 Å². The highest BCUT2D eigenvalue weighted by Gasteiger charge is 2.38. The van der Waals surface area contributed by atoms with Crippen LogP contribution in [-0.4, -0.2) is 22.9 Å². The summed E-state index contributed by atoms with van der Waals surface area (Å²) in [4.78, 5) is 0. The van der Waals surface area contributed by atoms with Crippen LogP contribution in [0.25, 0.3) is 0 Å². The minimum absolute atomic E-state index is 0.0541. The number of aliphatic hydroxyl groups excluding tert-OH is 2. The molecule has 2 heteroatoms. The molecule has 2 bridgehead atoms. The van der Waals surface area contributed by atoms with Crippen LogP contribution >= 0.6 is 0 Å². The zero-order valence-electron chi connectivity index (χ0n) is 7.45. The summed E-state index contributed by atoms with van der Waals surface area (Å²) in [6.45, 7) is 0.319. The third-order valence-electron chi connectivity index (χ3n) is 3.65. The molecule has 0 aliphatic heterocycles. The van der Waals surface area contributed by atoms with Crippen LogP contribution in [0.3, 0.4) is 0 Å². The lowest BCUT2D eigenvalue weighted by atomic mass is 9.66. The minimum atomic E-state index is -0.0541. The lowest BCUT2D eigenvalue weighted by molar-refractivity contribution is -0.0428. The Labute approximate surface area is 73.6 Å². The van der Waals surface area contributed by atoms with Crippen LogP contribution < -0.4 is 0 Å². The van der Waals surface area contributed by atoms with Crippen molar-refractivity contribution in [2.45, 2.75) is 38.2 Å². The van der Waals surface area contributed by atoms with Crippen molar-refractivity contribution in [2.75, 3.05) is 6.61 Å². The molecule has 2 fully saturated rings. The van der Waals surface area contributed by atoms with Gasteiger partial charge in [-0.15, -0.1) is 0 Å². The van der Waals surface area contributed by atoms with Gasteiger partial charge in [-0.3, -0.25) is 0 Å². The smallest absolute Gasteiger partial charge is 0.0596 e. The highest BCUT2D eigenvalue weighted by atomic mass is 16.3. The molecule has 0 saturated heterocycles. The van der Waals surface area contributed by atoms with Crippen molar-refractivity contribution in [3.05, 3.63) is 0 Å². The number of hydrogen-bond acceptors (Lipinski definition) is 2. The minimum Gasteiger partial charge on any atom is -0.396 e. The van der Waals surface area contributed by atoms with Crippen LogP contribution in [0.4, 0.5) is 0 Å². The van der Waals surface area contributed by atoms with E-state index in [4.69, 9.17) is 5.11 Å². The number of fused-ring (bicyclic) bond motifs is 2. The van der Waals surface area contributed by atoms with Crippen LogP contribution in [0, 0.1) is 17.8 Å². The molecule has 0 aromatic carbocycles. The van der Waals surface area contributed by atoms with E-state index in [-0.39, 0.29) is 6.10 Å². The van der Waals surface area contributed by atoms with Gasteiger partial charge in [0.2, 0.25) is 0 Å². The molecule has 0 aromatic heterocycles. The monoisotopic (exact) mass is 170 g/mol. The summed E-state index contributed by atoms with van der Waals surface area (Å²) in [5, 5.41) is 18.9. The lowest BCUT2D eigenvalue weighted by Crippen LogP contribution is -2.41. The predicted octanol–water partition coefficient (Wildman–Crippen LogP) is 1.17. The molecular formula is C10H18O2. The lowest BCUT2D eigenvalue weighted by Gasteiger charge is -2.42. The number of hydrogen-bond donors (Lipinski definition) is 2. The Morgan fingerprint density at radius 3 is 2.17 bits per heavy atom. The zero-order valence-corrected chi connectivity index (χ0v) is 7.45. The van der Waals surface area contributed by atoms with Crippen molar-refractivity contribution in [1.29, 1.82) is 0 Å². The summed E-state index contributed by atoms with van der Waals surface area (Å²) in [6.07, 6.45) is 5.68. The average molecular weight is 170 g/mol. The second-order valence-corrected chi connectivity index (χ2v) is 4.46. The van der Waals surface area contributed by atoms with Crippen LogP contribution in [0.2, 0.25) is 0 Å². The van der Waals surface area contributed by atoms with Gasteiger partial charge in [-0.25, -0.2) is 0 Å². The molecule has 70 valence electrons. The summed E-state index contributed by atoms with van der Waals surface area (Å²) in [7, 11) is 0. The standard InChI is InChI=1S/C10H18O2/c11-6-7-4-8-2-1-3-9(5-7)10(8)12/h7-12H,1-6H2/t7?,8-,9-,10?/m1/s1. The third kappa shape index (κ3) is 1.38. The van der Waals surface area contributed by atoms with Crippen LogP contribution in [0.5, 0.6) is 0 Å². The first-order valence-electron chi connectivity index (χ1n) is 5.10. The van der Waals surface area contributed by atoms with Gasteiger partial charge in [-0.2, -0.15) is 0 Å². The van der Waals surface area contributed by atoms with Gasteiger partial charge >= 0.3 is 0 Å². The molecule has 2 aliphatic rings. The van der Waals surface area contributed by atoms with Crippen molar-refractivity contribution in [3.8, 4) is 0 Å². The second-order valence-electron chi connectivity index (χ2n) is 4.46. The summed E-state index contributed by atoms with van der Waals surface area (Å²) in [6, 6.07) is 0. The Kier molecular flexibility index (Phi) is 2.37. The van der Waals surface area contributed by atoms with Crippen LogP contribution in [0.1, 0.15) is 32.1 Å². The van der Waals surface area contributed by atoms with Crippen LogP contribution in [0.15, 0.2) is 0 Å². The summed E-state index contributed by atoms with van der Waals surface area (Å²) < 4.78 is 0. The summed E-state index contributed by atoms with van der Waals surface area (Å²) in [5.74, 6) is 1.47. The molecule has 2 N–H and O–H groups in total. The van der Waals surface area contributed by atoms with Gasteiger partial charge in [-0.05, 0) is 43.4 Å². The molecule has 0 unspecified atom stereocenters. The molecule has 2 nitrogen and oxygen atoms in total. The second kappa shape index (κ2) is 3.35. The van der Waals surface area contributed by atoms with Gasteiger partial charge in [0.05, 0.1) is 6.10 Å². The average Bonchev–Trinajstić information content (AvgIpc) is 2.04. The Morgan fingerprint density at radius 2 is 1.67 bits per heavy atom. The maximum atomic E-state index is 9.82. The van der Waals surface area contributed by atoms with Gasteiger partial charge in [0, 0.05) is 6.61 Å². The summed E-state index contributed by atoms with van der Waals surface area (Å²) in [5.41, 5.74) is 0. The van der Waals surface area contributed by atoms with Gasteiger partial charge in [0.25, 0.3) is 0 Å². The van der Waals surface area contributed by atoms with Crippen molar-refractivity contribution < 1.29 is 10.2 Å². The Hall–Kier alpha value is -0.0800. The molecule has 12 heavy (non-hydrogen) atoms. The first-order valence-corrected chi connectivity index (χ1v) is 5.10. The first-order chi connectivity index (χ1) is 5.81. The van der Waals surface area contributed by atoms with Gasteiger partial charge < -0.3 is 10.2 Å². The molecule has 2 aliphatic carbocycles. The highest BCUT2D eigenvalue weighted by Crippen LogP contribution is 2.42. The molecular weight excluding hydrogens is 152 g/mol. The zero-order chi connectivity index (χ0) is 8.55. The molecule has 0 spiro atoms. The van der Waals surface area contributed by atoms with Crippen molar-refractivity contribution in [3.63, 3.8) is 0 Å². The normalized spacial score (nSPS) is 47.5. The van der Waals surface area contributed by atoms with E-state index < -0.39 is 0 Å². The third-order valence-corrected chi connectivity index (χ3v) is 3.65. The first kappa shape index (κ1) is 8.52. The largest absolute Gasteiger partial charge is 0.396 e. The van der Waals surface area contributed by atoms with Gasteiger partial charge in [-0.1, -0.05) is 6.42 Å². The van der Waals surface area contributed by atoms with Crippen molar-refractivity contribution in [2.24, 2.45) is 17.8 Å². The molecule has 0 heterocycles. The molecule has 2 atom stereocenters. The molecule has 2 saturated carbocycles. The van der Waals surface area contributed by atoms with Gasteiger partial charge in [0.1, 0.15) is 0 Å². The number of rotatable bonds is 1. The predicted molar refractivity (Wildman–Crippen MR) is 46.6 cm³/mol. The SMILES string of the molecule is OCC1C[C@H]2CCC[C@H](C1)C2O. The van der Waals surface area contributed by atoms with E-state index in [9.17, 15) is 5.11 Å². The van der Waals surface area contributed by atoms with Gasteiger partial charge in [0.15, 0.2) is 0 Å². The van der Waals surface area contributed by atoms with Crippen LogP contribution in [-0.2, 0) is 0 Å². The van der Waals surface area contributed by atoms with E-state index in [0.29, 0.717) is 24.4 Å².